The Hall–Kier alpha value is -2.95. The summed E-state index contributed by atoms with van der Waals surface area (Å²) in [6.45, 7) is 2.69. The van der Waals surface area contributed by atoms with E-state index in [2.05, 4.69) is 29.2 Å². The Balaban J connectivity index is 1.55. The van der Waals surface area contributed by atoms with Crippen LogP contribution < -0.4 is 4.90 Å². The molecular formula is C20H19N3O2. The molecule has 5 heteroatoms. The summed E-state index contributed by atoms with van der Waals surface area (Å²) in [5, 5.41) is 4.11. The van der Waals surface area contributed by atoms with Crippen molar-refractivity contribution in [2.75, 3.05) is 11.4 Å². The lowest BCUT2D eigenvalue weighted by Gasteiger charge is -2.17. The standard InChI is InChI=1S/C20H19N3O2/c1-2-14-7-6-10-17(11-14)23-13-16(12-18(23)24)19-21-20(25-22-19)15-8-4-3-5-9-15/h3-11,16H,2,12-13H2,1H3. The summed E-state index contributed by atoms with van der Waals surface area (Å²) >= 11 is 0. The van der Waals surface area contributed by atoms with E-state index in [1.165, 1.54) is 5.56 Å². The number of rotatable bonds is 4. The van der Waals surface area contributed by atoms with Crippen LogP contribution in [0.3, 0.4) is 0 Å². The van der Waals surface area contributed by atoms with Crippen molar-refractivity contribution in [1.82, 2.24) is 10.1 Å². The van der Waals surface area contributed by atoms with Crippen LogP contribution in [0.5, 0.6) is 0 Å². The molecule has 25 heavy (non-hydrogen) atoms. The molecule has 1 saturated heterocycles. The number of hydrogen-bond acceptors (Lipinski definition) is 4. The summed E-state index contributed by atoms with van der Waals surface area (Å²) in [6, 6.07) is 17.8. The Morgan fingerprint density at radius 2 is 2.00 bits per heavy atom. The smallest absolute Gasteiger partial charge is 0.257 e. The number of anilines is 1. The lowest BCUT2D eigenvalue weighted by atomic mass is 10.1. The molecule has 1 aromatic heterocycles. The molecule has 0 aliphatic carbocycles. The van der Waals surface area contributed by atoms with E-state index in [1.54, 1.807) is 0 Å². The number of nitrogens with zero attached hydrogens (tertiary/aromatic N) is 3. The van der Waals surface area contributed by atoms with Crippen LogP contribution in [0.25, 0.3) is 11.5 Å². The Morgan fingerprint density at radius 3 is 2.80 bits per heavy atom. The van der Waals surface area contributed by atoms with Crippen molar-refractivity contribution in [3.05, 3.63) is 66.0 Å². The molecule has 2 heterocycles. The maximum atomic E-state index is 12.5. The van der Waals surface area contributed by atoms with Crippen LogP contribution in [0, 0.1) is 0 Å². The van der Waals surface area contributed by atoms with Gasteiger partial charge in [0.2, 0.25) is 5.91 Å². The van der Waals surface area contributed by atoms with E-state index in [1.807, 2.05) is 47.4 Å². The molecule has 1 fully saturated rings. The van der Waals surface area contributed by atoms with Gasteiger partial charge in [-0.15, -0.1) is 0 Å². The first kappa shape index (κ1) is 15.6. The summed E-state index contributed by atoms with van der Waals surface area (Å²) in [5.41, 5.74) is 3.05. The molecule has 0 bridgehead atoms. The minimum Gasteiger partial charge on any atom is -0.334 e. The Morgan fingerprint density at radius 1 is 1.16 bits per heavy atom. The maximum absolute atomic E-state index is 12.5. The van der Waals surface area contributed by atoms with E-state index in [9.17, 15) is 4.79 Å². The second-order valence-corrected chi connectivity index (χ2v) is 6.25. The van der Waals surface area contributed by atoms with Gasteiger partial charge in [0.25, 0.3) is 5.89 Å². The molecule has 1 amide bonds. The Kier molecular flexibility index (Phi) is 4.06. The first-order chi connectivity index (χ1) is 12.2. The number of benzene rings is 2. The third-order valence-electron chi connectivity index (χ3n) is 4.58. The van der Waals surface area contributed by atoms with E-state index in [-0.39, 0.29) is 11.8 Å². The van der Waals surface area contributed by atoms with Crippen molar-refractivity contribution in [1.29, 1.82) is 0 Å². The van der Waals surface area contributed by atoms with Gasteiger partial charge in [0.15, 0.2) is 5.82 Å². The van der Waals surface area contributed by atoms with E-state index >= 15 is 0 Å². The number of carbonyl (C=O) groups is 1. The molecule has 1 unspecified atom stereocenters. The maximum Gasteiger partial charge on any atom is 0.257 e. The van der Waals surface area contributed by atoms with Gasteiger partial charge in [-0.25, -0.2) is 0 Å². The molecule has 1 aliphatic heterocycles. The van der Waals surface area contributed by atoms with Gasteiger partial charge in [0.05, 0.1) is 0 Å². The highest BCUT2D eigenvalue weighted by molar-refractivity contribution is 5.96. The zero-order valence-electron chi connectivity index (χ0n) is 14.1. The van der Waals surface area contributed by atoms with Gasteiger partial charge in [0.1, 0.15) is 0 Å². The highest BCUT2D eigenvalue weighted by Gasteiger charge is 2.34. The predicted octanol–water partition coefficient (Wildman–Crippen LogP) is 3.82. The van der Waals surface area contributed by atoms with E-state index in [0.717, 1.165) is 17.7 Å². The van der Waals surface area contributed by atoms with Gasteiger partial charge in [-0.05, 0) is 36.2 Å². The average molecular weight is 333 g/mol. The minimum absolute atomic E-state index is 0.0426. The van der Waals surface area contributed by atoms with Crippen molar-refractivity contribution in [3.8, 4) is 11.5 Å². The van der Waals surface area contributed by atoms with Gasteiger partial charge < -0.3 is 9.42 Å². The third kappa shape index (κ3) is 3.05. The average Bonchev–Trinajstić information content (AvgIpc) is 3.29. The lowest BCUT2D eigenvalue weighted by Crippen LogP contribution is -2.24. The van der Waals surface area contributed by atoms with E-state index in [4.69, 9.17) is 4.52 Å². The molecule has 0 saturated carbocycles. The number of carbonyl (C=O) groups excluding carboxylic acids is 1. The van der Waals surface area contributed by atoms with Crippen LogP contribution in [0.4, 0.5) is 5.69 Å². The Bertz CT molecular complexity index is 889. The quantitative estimate of drug-likeness (QED) is 0.728. The van der Waals surface area contributed by atoms with Crippen LogP contribution in [0.15, 0.2) is 59.1 Å². The largest absolute Gasteiger partial charge is 0.334 e. The molecule has 2 aromatic carbocycles. The van der Waals surface area contributed by atoms with Gasteiger partial charge in [0, 0.05) is 30.1 Å². The molecule has 0 N–H and O–H groups in total. The second-order valence-electron chi connectivity index (χ2n) is 6.25. The van der Waals surface area contributed by atoms with Crippen molar-refractivity contribution >= 4 is 11.6 Å². The first-order valence-electron chi connectivity index (χ1n) is 8.53. The molecule has 4 rings (SSSR count). The predicted molar refractivity (Wildman–Crippen MR) is 95.3 cm³/mol. The molecule has 1 aliphatic rings. The van der Waals surface area contributed by atoms with Gasteiger partial charge in [-0.1, -0.05) is 42.4 Å². The third-order valence-corrected chi connectivity index (χ3v) is 4.58. The SMILES string of the molecule is CCc1cccc(N2CC(c3noc(-c4ccccc4)n3)CC2=O)c1. The molecule has 0 spiro atoms. The van der Waals surface area contributed by atoms with E-state index in [0.29, 0.717) is 24.7 Å². The molecule has 1 atom stereocenters. The molecule has 0 radical (unpaired) electrons. The topological polar surface area (TPSA) is 59.2 Å². The van der Waals surface area contributed by atoms with E-state index < -0.39 is 0 Å². The van der Waals surface area contributed by atoms with Crippen LogP contribution >= 0.6 is 0 Å². The summed E-state index contributed by atoms with van der Waals surface area (Å²) in [7, 11) is 0. The Labute approximate surface area is 146 Å². The van der Waals surface area contributed by atoms with Crippen molar-refractivity contribution in [2.45, 2.75) is 25.7 Å². The molecule has 3 aromatic rings. The molecule has 5 nitrogen and oxygen atoms in total. The van der Waals surface area contributed by atoms with Crippen LogP contribution in [-0.4, -0.2) is 22.6 Å². The number of amides is 1. The highest BCUT2D eigenvalue weighted by atomic mass is 16.5. The monoisotopic (exact) mass is 333 g/mol. The molecule has 126 valence electrons. The second kappa shape index (κ2) is 6.51. The molecular weight excluding hydrogens is 314 g/mol. The summed E-state index contributed by atoms with van der Waals surface area (Å²) < 4.78 is 5.38. The summed E-state index contributed by atoms with van der Waals surface area (Å²) in [6.07, 6.45) is 1.36. The van der Waals surface area contributed by atoms with Crippen LogP contribution in [0.2, 0.25) is 0 Å². The van der Waals surface area contributed by atoms with Gasteiger partial charge >= 0.3 is 0 Å². The fraction of sp³-hybridized carbons (Fsp3) is 0.250. The normalized spacial score (nSPS) is 17.2. The fourth-order valence-electron chi connectivity index (χ4n) is 3.17. The number of aromatic nitrogens is 2. The minimum atomic E-state index is -0.0426. The number of aryl methyl sites for hydroxylation is 1. The van der Waals surface area contributed by atoms with Crippen molar-refractivity contribution < 1.29 is 9.32 Å². The van der Waals surface area contributed by atoms with Crippen LogP contribution in [-0.2, 0) is 11.2 Å². The summed E-state index contributed by atoms with van der Waals surface area (Å²) in [4.78, 5) is 18.8. The van der Waals surface area contributed by atoms with Gasteiger partial charge in [-0.2, -0.15) is 4.98 Å². The van der Waals surface area contributed by atoms with Gasteiger partial charge in [-0.3, -0.25) is 4.79 Å². The first-order valence-corrected chi connectivity index (χ1v) is 8.53. The van der Waals surface area contributed by atoms with Crippen molar-refractivity contribution in [3.63, 3.8) is 0 Å². The highest BCUT2D eigenvalue weighted by Crippen LogP contribution is 2.31. The zero-order chi connectivity index (χ0) is 17.2. The lowest BCUT2D eigenvalue weighted by molar-refractivity contribution is -0.117. The van der Waals surface area contributed by atoms with Crippen molar-refractivity contribution in [2.24, 2.45) is 0 Å². The summed E-state index contributed by atoms with van der Waals surface area (Å²) in [5.74, 6) is 1.15. The van der Waals surface area contributed by atoms with Crippen LogP contribution in [0.1, 0.15) is 30.7 Å². The zero-order valence-corrected chi connectivity index (χ0v) is 14.1. The number of hydrogen-bond donors (Lipinski definition) is 0. The fourth-order valence-corrected chi connectivity index (χ4v) is 3.17.